The van der Waals surface area contributed by atoms with Crippen LogP contribution in [-0.2, 0) is 14.9 Å². The number of amides is 1. The molecule has 2 unspecified atom stereocenters. The molecule has 0 aliphatic carbocycles. The second kappa shape index (κ2) is 42.7. The van der Waals surface area contributed by atoms with Gasteiger partial charge in [0.15, 0.2) is 0 Å². The maximum absolute atomic E-state index is 12.6. The van der Waals surface area contributed by atoms with Crippen LogP contribution in [0.25, 0.3) is 0 Å². The van der Waals surface area contributed by atoms with Crippen LogP contribution in [0.4, 0.5) is 0 Å². The first-order chi connectivity index (χ1) is 26.8. The highest BCUT2D eigenvalue weighted by molar-refractivity contribution is 7.85. The number of rotatable bonds is 45. The Balaban J connectivity index is 3.78. The first kappa shape index (κ1) is 54.1. The van der Waals surface area contributed by atoms with Gasteiger partial charge in [0.05, 0.1) is 17.9 Å². The van der Waals surface area contributed by atoms with Gasteiger partial charge >= 0.3 is 0 Å². The van der Waals surface area contributed by atoms with E-state index in [4.69, 9.17) is 0 Å². The van der Waals surface area contributed by atoms with Gasteiger partial charge in [0.1, 0.15) is 0 Å². The van der Waals surface area contributed by atoms with Crippen molar-refractivity contribution in [3.8, 4) is 0 Å². The van der Waals surface area contributed by atoms with Gasteiger partial charge in [-0.1, -0.05) is 257 Å². The van der Waals surface area contributed by atoms with Gasteiger partial charge in [0.2, 0.25) is 5.91 Å². The van der Waals surface area contributed by atoms with Crippen molar-refractivity contribution in [3.63, 3.8) is 0 Å². The van der Waals surface area contributed by atoms with E-state index in [0.29, 0.717) is 6.42 Å². The van der Waals surface area contributed by atoms with Gasteiger partial charge in [0.25, 0.3) is 10.1 Å². The third-order valence-electron chi connectivity index (χ3n) is 11.5. The minimum absolute atomic E-state index is 0.271. The van der Waals surface area contributed by atoms with Gasteiger partial charge in [-0.2, -0.15) is 8.42 Å². The van der Waals surface area contributed by atoms with Crippen LogP contribution in [0.15, 0.2) is 12.2 Å². The standard InChI is InChI=1S/C48H95NO5S/c1-3-5-7-9-11-13-15-17-19-21-23-25-27-29-31-33-35-37-39-41-43-47(50)46(45-55(52,53)54)49-48(51)44-42-40-38-36-34-32-30-28-26-24-22-20-18-16-14-12-10-8-6-4-2/h41,43,46-47,50H,3-40,42,44-45H2,1-2H3,(H,49,51)(H,52,53,54)/b43-41+. The molecule has 0 radical (unpaired) electrons. The molecular formula is C48H95NO5S. The summed E-state index contributed by atoms with van der Waals surface area (Å²) in [7, 11) is -4.34. The number of carbonyl (C=O) groups is 1. The van der Waals surface area contributed by atoms with Crippen molar-refractivity contribution in [2.45, 2.75) is 283 Å². The zero-order valence-electron chi connectivity index (χ0n) is 36.8. The first-order valence-electron chi connectivity index (χ1n) is 24.4. The number of aliphatic hydroxyl groups excluding tert-OH is 1. The van der Waals surface area contributed by atoms with Crippen molar-refractivity contribution >= 4 is 16.0 Å². The molecule has 0 bridgehead atoms. The molecule has 0 aliphatic heterocycles. The van der Waals surface area contributed by atoms with Gasteiger partial charge in [-0.15, -0.1) is 0 Å². The van der Waals surface area contributed by atoms with Crippen molar-refractivity contribution in [1.82, 2.24) is 5.32 Å². The first-order valence-corrected chi connectivity index (χ1v) is 26.0. The Hall–Kier alpha value is -0.920. The molecular weight excluding hydrogens is 703 g/mol. The molecule has 0 aromatic carbocycles. The van der Waals surface area contributed by atoms with Crippen LogP contribution >= 0.6 is 0 Å². The van der Waals surface area contributed by atoms with E-state index in [0.717, 1.165) is 38.5 Å². The molecule has 0 saturated heterocycles. The Labute approximate surface area is 343 Å². The summed E-state index contributed by atoms with van der Waals surface area (Å²) in [6, 6.07) is -1.05. The van der Waals surface area contributed by atoms with Gasteiger partial charge in [0, 0.05) is 6.42 Å². The lowest BCUT2D eigenvalue weighted by Crippen LogP contribution is -2.46. The highest BCUT2D eigenvalue weighted by Gasteiger charge is 2.24. The van der Waals surface area contributed by atoms with Crippen molar-refractivity contribution in [1.29, 1.82) is 0 Å². The number of carbonyl (C=O) groups excluding carboxylic acids is 1. The molecule has 7 heteroatoms. The van der Waals surface area contributed by atoms with Crippen LogP contribution in [0.3, 0.4) is 0 Å². The second-order valence-corrected chi connectivity index (χ2v) is 18.6. The lowest BCUT2D eigenvalue weighted by molar-refractivity contribution is -0.122. The van der Waals surface area contributed by atoms with E-state index in [1.165, 1.54) is 212 Å². The molecule has 3 N–H and O–H groups in total. The molecule has 0 aliphatic rings. The third-order valence-corrected chi connectivity index (χ3v) is 12.2. The normalized spacial score (nSPS) is 13.2. The molecule has 0 aromatic rings. The Morgan fingerprint density at radius 1 is 0.473 bits per heavy atom. The summed E-state index contributed by atoms with van der Waals surface area (Å²) in [5.74, 6) is -0.963. The van der Waals surface area contributed by atoms with Crippen LogP contribution in [0.5, 0.6) is 0 Å². The summed E-state index contributed by atoms with van der Waals surface area (Å²) >= 11 is 0. The van der Waals surface area contributed by atoms with Gasteiger partial charge in [-0.05, 0) is 19.3 Å². The summed E-state index contributed by atoms with van der Waals surface area (Å²) in [5.41, 5.74) is 0. The van der Waals surface area contributed by atoms with Crippen LogP contribution in [0, 0.1) is 0 Å². The summed E-state index contributed by atoms with van der Waals surface area (Å²) in [4.78, 5) is 12.6. The summed E-state index contributed by atoms with van der Waals surface area (Å²) in [6.45, 7) is 4.56. The highest BCUT2D eigenvalue weighted by Crippen LogP contribution is 2.17. The largest absolute Gasteiger partial charge is 0.387 e. The lowest BCUT2D eigenvalue weighted by atomic mass is 10.0. The second-order valence-electron chi connectivity index (χ2n) is 17.1. The maximum Gasteiger partial charge on any atom is 0.267 e. The number of hydrogen-bond donors (Lipinski definition) is 3. The number of hydrogen-bond acceptors (Lipinski definition) is 4. The fourth-order valence-corrected chi connectivity index (χ4v) is 8.54. The molecule has 328 valence electrons. The molecule has 0 saturated carbocycles. The van der Waals surface area contributed by atoms with Crippen LogP contribution in [0.2, 0.25) is 0 Å². The fraction of sp³-hybridized carbons (Fsp3) is 0.938. The average molecular weight is 798 g/mol. The van der Waals surface area contributed by atoms with Gasteiger partial charge < -0.3 is 10.4 Å². The van der Waals surface area contributed by atoms with E-state index in [1.807, 2.05) is 6.08 Å². The molecule has 2 atom stereocenters. The van der Waals surface area contributed by atoms with E-state index in [9.17, 15) is 22.9 Å². The zero-order chi connectivity index (χ0) is 40.3. The summed E-state index contributed by atoms with van der Waals surface area (Å²) in [6.07, 6.45) is 53.5. The molecule has 0 heterocycles. The smallest absolute Gasteiger partial charge is 0.267 e. The van der Waals surface area contributed by atoms with E-state index >= 15 is 0 Å². The predicted octanol–water partition coefficient (Wildman–Crippen LogP) is 14.9. The quantitative estimate of drug-likeness (QED) is 0.0323. The van der Waals surface area contributed by atoms with Crippen molar-refractivity contribution < 1.29 is 22.9 Å². The van der Waals surface area contributed by atoms with Crippen LogP contribution in [-0.4, -0.2) is 41.9 Å². The zero-order valence-corrected chi connectivity index (χ0v) is 37.6. The van der Waals surface area contributed by atoms with E-state index in [2.05, 4.69) is 19.2 Å². The number of aliphatic hydroxyl groups is 1. The molecule has 0 rings (SSSR count). The van der Waals surface area contributed by atoms with Crippen LogP contribution < -0.4 is 5.32 Å². The Morgan fingerprint density at radius 3 is 1.04 bits per heavy atom. The fourth-order valence-electron chi connectivity index (χ4n) is 7.81. The molecule has 1 amide bonds. The van der Waals surface area contributed by atoms with Gasteiger partial charge in [-0.25, -0.2) is 0 Å². The topological polar surface area (TPSA) is 104 Å². The van der Waals surface area contributed by atoms with Gasteiger partial charge in [-0.3, -0.25) is 9.35 Å². The number of allylic oxidation sites excluding steroid dienone is 1. The minimum Gasteiger partial charge on any atom is -0.387 e. The molecule has 55 heavy (non-hydrogen) atoms. The van der Waals surface area contributed by atoms with Crippen molar-refractivity contribution in [2.75, 3.05) is 5.75 Å². The Bertz CT molecular complexity index is 923. The monoisotopic (exact) mass is 798 g/mol. The third kappa shape index (κ3) is 44.0. The Kier molecular flexibility index (Phi) is 42.0. The SMILES string of the molecule is CCCCCCCCCCCCCCCCCCCC/C=C/C(O)C(CS(=O)(=O)O)NC(=O)CCCCCCCCCCCCCCCCCCCCCC. The predicted molar refractivity (Wildman–Crippen MR) is 240 cm³/mol. The molecule has 6 nitrogen and oxygen atoms in total. The minimum atomic E-state index is -4.34. The van der Waals surface area contributed by atoms with Crippen molar-refractivity contribution in [2.24, 2.45) is 0 Å². The van der Waals surface area contributed by atoms with Crippen LogP contribution in [0.1, 0.15) is 271 Å². The molecule has 0 aromatic heterocycles. The summed E-state index contributed by atoms with van der Waals surface area (Å²) in [5, 5.41) is 13.3. The Morgan fingerprint density at radius 2 is 0.745 bits per heavy atom. The maximum atomic E-state index is 12.6. The van der Waals surface area contributed by atoms with E-state index < -0.39 is 28.0 Å². The van der Waals surface area contributed by atoms with Crippen molar-refractivity contribution in [3.05, 3.63) is 12.2 Å². The number of nitrogens with one attached hydrogen (secondary N) is 1. The van der Waals surface area contributed by atoms with E-state index in [1.54, 1.807) is 6.08 Å². The highest BCUT2D eigenvalue weighted by atomic mass is 32.2. The molecule has 0 spiro atoms. The van der Waals surface area contributed by atoms with E-state index in [-0.39, 0.29) is 5.91 Å². The molecule has 0 fully saturated rings. The lowest BCUT2D eigenvalue weighted by Gasteiger charge is -2.21. The summed E-state index contributed by atoms with van der Waals surface area (Å²) < 4.78 is 32.6. The number of unbranched alkanes of at least 4 members (excludes halogenated alkanes) is 37. The average Bonchev–Trinajstić information content (AvgIpc) is 3.15.